The Morgan fingerprint density at radius 3 is 2.68 bits per heavy atom. The SMILES string of the molecule is N=C(N)c1ccc2c(c1)C1c3ccccc3CC1C(c1ccc(Cl)c(F)c1)N2. The Labute approximate surface area is 167 Å². The molecule has 0 bridgehead atoms. The van der Waals surface area contributed by atoms with E-state index >= 15 is 0 Å². The molecule has 0 spiro atoms. The summed E-state index contributed by atoms with van der Waals surface area (Å²) < 4.78 is 14.2. The third-order valence-electron chi connectivity index (χ3n) is 6.01. The van der Waals surface area contributed by atoms with E-state index in [0.717, 1.165) is 28.8 Å². The van der Waals surface area contributed by atoms with E-state index in [1.54, 1.807) is 6.07 Å². The Kier molecular flexibility index (Phi) is 3.91. The first-order valence-electron chi connectivity index (χ1n) is 9.30. The van der Waals surface area contributed by atoms with Gasteiger partial charge in [0.1, 0.15) is 11.7 Å². The molecule has 1 heterocycles. The summed E-state index contributed by atoms with van der Waals surface area (Å²) in [5, 5.41) is 11.6. The van der Waals surface area contributed by atoms with E-state index < -0.39 is 5.82 Å². The van der Waals surface area contributed by atoms with Crippen molar-refractivity contribution in [2.75, 3.05) is 5.32 Å². The van der Waals surface area contributed by atoms with E-state index in [4.69, 9.17) is 22.7 Å². The molecule has 4 N–H and O–H groups in total. The van der Waals surface area contributed by atoms with Crippen LogP contribution in [-0.4, -0.2) is 5.84 Å². The first-order valence-corrected chi connectivity index (χ1v) is 9.68. The highest BCUT2D eigenvalue weighted by Crippen LogP contribution is 2.54. The number of nitrogen functional groups attached to an aromatic ring is 1. The molecule has 2 aliphatic rings. The third-order valence-corrected chi connectivity index (χ3v) is 6.32. The van der Waals surface area contributed by atoms with Gasteiger partial charge in [0.2, 0.25) is 0 Å². The van der Waals surface area contributed by atoms with Gasteiger partial charge in [0.15, 0.2) is 0 Å². The van der Waals surface area contributed by atoms with Gasteiger partial charge in [-0.05, 0) is 64.9 Å². The highest BCUT2D eigenvalue weighted by molar-refractivity contribution is 6.30. The van der Waals surface area contributed by atoms with Gasteiger partial charge < -0.3 is 11.1 Å². The van der Waals surface area contributed by atoms with Crippen LogP contribution in [-0.2, 0) is 6.42 Å². The van der Waals surface area contributed by atoms with Crippen molar-refractivity contribution in [3.8, 4) is 0 Å². The monoisotopic (exact) mass is 391 g/mol. The molecular formula is C23H19ClFN3. The number of rotatable bonds is 2. The van der Waals surface area contributed by atoms with Gasteiger partial charge in [-0.3, -0.25) is 5.41 Å². The smallest absolute Gasteiger partial charge is 0.142 e. The second-order valence-electron chi connectivity index (χ2n) is 7.56. The lowest BCUT2D eigenvalue weighted by Gasteiger charge is -2.38. The van der Waals surface area contributed by atoms with Crippen LogP contribution in [0.5, 0.6) is 0 Å². The molecule has 0 radical (unpaired) electrons. The summed E-state index contributed by atoms with van der Waals surface area (Å²) in [6.07, 6.45) is 0.909. The van der Waals surface area contributed by atoms with Crippen LogP contribution < -0.4 is 11.1 Å². The molecule has 3 unspecified atom stereocenters. The number of anilines is 1. The standard InChI is InChI=1S/C23H19ClFN3/c24-18-7-5-13(11-19(18)25)22-17-9-12-3-1-2-4-15(12)21(17)16-10-14(23(26)27)6-8-20(16)28-22/h1-8,10-11,17,21-22,28H,9H2,(H3,26,27). The van der Waals surface area contributed by atoms with Crippen LogP contribution in [0, 0.1) is 17.1 Å². The first-order chi connectivity index (χ1) is 13.5. The fourth-order valence-corrected chi connectivity index (χ4v) is 4.88. The molecule has 28 heavy (non-hydrogen) atoms. The molecule has 5 heteroatoms. The quantitative estimate of drug-likeness (QED) is 0.413. The van der Waals surface area contributed by atoms with Crippen molar-refractivity contribution in [1.82, 2.24) is 0 Å². The maximum absolute atomic E-state index is 14.2. The molecule has 0 saturated carbocycles. The number of hydrogen-bond acceptors (Lipinski definition) is 2. The molecule has 0 aromatic heterocycles. The van der Waals surface area contributed by atoms with Gasteiger partial charge in [0, 0.05) is 17.2 Å². The number of fused-ring (bicyclic) bond motifs is 5. The molecule has 0 saturated heterocycles. The number of nitrogens with one attached hydrogen (secondary N) is 2. The molecule has 0 amide bonds. The van der Waals surface area contributed by atoms with Crippen molar-refractivity contribution in [2.45, 2.75) is 18.4 Å². The second-order valence-corrected chi connectivity index (χ2v) is 7.96. The minimum Gasteiger partial charge on any atom is -0.384 e. The third kappa shape index (κ3) is 2.60. The Morgan fingerprint density at radius 1 is 1.07 bits per heavy atom. The van der Waals surface area contributed by atoms with Crippen molar-refractivity contribution in [1.29, 1.82) is 5.41 Å². The minimum atomic E-state index is -0.397. The molecule has 3 nitrogen and oxygen atoms in total. The largest absolute Gasteiger partial charge is 0.384 e. The molecule has 1 aliphatic carbocycles. The summed E-state index contributed by atoms with van der Waals surface area (Å²) in [7, 11) is 0. The summed E-state index contributed by atoms with van der Waals surface area (Å²) in [5.41, 5.74) is 12.1. The molecule has 3 aromatic carbocycles. The summed E-state index contributed by atoms with van der Waals surface area (Å²) in [5.74, 6) is 0.0847. The predicted octanol–water partition coefficient (Wildman–Crippen LogP) is 5.23. The normalized spacial score (nSPS) is 22.0. The second kappa shape index (κ2) is 6.35. The molecule has 3 aromatic rings. The van der Waals surface area contributed by atoms with Crippen molar-refractivity contribution in [2.24, 2.45) is 11.7 Å². The van der Waals surface area contributed by atoms with Crippen molar-refractivity contribution in [3.05, 3.63) is 99.3 Å². The zero-order valence-electron chi connectivity index (χ0n) is 15.0. The maximum atomic E-state index is 14.2. The lowest BCUT2D eigenvalue weighted by Crippen LogP contribution is -2.30. The summed E-state index contributed by atoms with van der Waals surface area (Å²) >= 11 is 5.90. The van der Waals surface area contributed by atoms with Crippen molar-refractivity contribution < 1.29 is 4.39 Å². The number of halogens is 2. The zero-order chi connectivity index (χ0) is 19.4. The summed E-state index contributed by atoms with van der Waals surface area (Å²) in [6.45, 7) is 0. The molecule has 3 atom stereocenters. The van der Waals surface area contributed by atoms with E-state index in [1.165, 1.54) is 17.2 Å². The van der Waals surface area contributed by atoms with Gasteiger partial charge in [-0.25, -0.2) is 4.39 Å². The van der Waals surface area contributed by atoms with Crippen LogP contribution in [0.25, 0.3) is 0 Å². The van der Waals surface area contributed by atoms with Crippen molar-refractivity contribution in [3.63, 3.8) is 0 Å². The molecule has 1 aliphatic heterocycles. The van der Waals surface area contributed by atoms with E-state index in [-0.39, 0.29) is 28.7 Å². The molecular weight excluding hydrogens is 373 g/mol. The first kappa shape index (κ1) is 17.3. The van der Waals surface area contributed by atoms with Gasteiger partial charge in [-0.15, -0.1) is 0 Å². The maximum Gasteiger partial charge on any atom is 0.142 e. The van der Waals surface area contributed by atoms with E-state index in [9.17, 15) is 4.39 Å². The predicted molar refractivity (Wildman–Crippen MR) is 111 cm³/mol. The van der Waals surface area contributed by atoms with Crippen LogP contribution >= 0.6 is 11.6 Å². The average molecular weight is 392 g/mol. The lowest BCUT2D eigenvalue weighted by molar-refractivity contribution is 0.419. The van der Waals surface area contributed by atoms with Gasteiger partial charge in [0.05, 0.1) is 11.1 Å². The summed E-state index contributed by atoms with van der Waals surface area (Å²) in [6, 6.07) is 19.4. The van der Waals surface area contributed by atoms with Gasteiger partial charge in [-0.1, -0.05) is 41.9 Å². The Morgan fingerprint density at radius 2 is 1.89 bits per heavy atom. The van der Waals surface area contributed by atoms with E-state index in [2.05, 4.69) is 29.6 Å². The molecule has 5 rings (SSSR count). The lowest BCUT2D eigenvalue weighted by atomic mass is 9.75. The van der Waals surface area contributed by atoms with Crippen LogP contribution in [0.1, 0.15) is 39.8 Å². The summed E-state index contributed by atoms with van der Waals surface area (Å²) in [4.78, 5) is 0. The Hall–Kier alpha value is -2.85. The minimum absolute atomic E-state index is 0.0279. The van der Waals surface area contributed by atoms with Crippen molar-refractivity contribution >= 4 is 23.1 Å². The Balaban J connectivity index is 1.68. The number of amidine groups is 1. The highest BCUT2D eigenvalue weighted by Gasteiger charge is 2.43. The van der Waals surface area contributed by atoms with Crippen LogP contribution in [0.15, 0.2) is 60.7 Å². The fourth-order valence-electron chi connectivity index (χ4n) is 4.76. The number of benzene rings is 3. The van der Waals surface area contributed by atoms with E-state index in [0.29, 0.717) is 0 Å². The van der Waals surface area contributed by atoms with Crippen LogP contribution in [0.2, 0.25) is 5.02 Å². The zero-order valence-corrected chi connectivity index (χ0v) is 15.8. The topological polar surface area (TPSA) is 61.9 Å². The number of nitrogens with two attached hydrogens (primary N) is 1. The fraction of sp³-hybridized carbons (Fsp3) is 0.174. The Bertz CT molecular complexity index is 1110. The molecule has 140 valence electrons. The van der Waals surface area contributed by atoms with Crippen LogP contribution in [0.3, 0.4) is 0 Å². The number of hydrogen-bond donors (Lipinski definition) is 3. The van der Waals surface area contributed by atoms with E-state index in [1.807, 2.05) is 24.3 Å². The molecule has 0 fully saturated rings. The highest BCUT2D eigenvalue weighted by atomic mass is 35.5. The van der Waals surface area contributed by atoms with Gasteiger partial charge >= 0.3 is 0 Å². The van der Waals surface area contributed by atoms with Gasteiger partial charge in [0.25, 0.3) is 0 Å². The van der Waals surface area contributed by atoms with Gasteiger partial charge in [-0.2, -0.15) is 0 Å². The van der Waals surface area contributed by atoms with Crippen LogP contribution in [0.4, 0.5) is 10.1 Å². The average Bonchev–Trinajstić information content (AvgIpc) is 3.09.